The van der Waals surface area contributed by atoms with E-state index in [0.29, 0.717) is 30.6 Å². The van der Waals surface area contributed by atoms with Crippen molar-refractivity contribution in [2.24, 2.45) is 5.92 Å². The zero-order valence-electron chi connectivity index (χ0n) is 16.0. The first-order valence-corrected chi connectivity index (χ1v) is 10.2. The third-order valence-corrected chi connectivity index (χ3v) is 5.75. The van der Waals surface area contributed by atoms with E-state index in [1.165, 1.54) is 31.7 Å². The Bertz CT molecular complexity index is 804. The molecule has 0 N–H and O–H groups in total. The SMILES string of the molecule is O=C(CC1CCCC1)N1CCCC(c2noc(COc3ccccc3F)n2)C1. The van der Waals surface area contributed by atoms with Crippen LogP contribution in [0.1, 0.15) is 62.6 Å². The minimum Gasteiger partial charge on any atom is -0.481 e. The van der Waals surface area contributed by atoms with Crippen molar-refractivity contribution in [3.8, 4) is 5.75 Å². The number of nitrogens with zero attached hydrogens (tertiary/aromatic N) is 3. The second-order valence-electron chi connectivity index (χ2n) is 7.80. The number of hydrogen-bond donors (Lipinski definition) is 0. The number of ether oxygens (including phenoxy) is 1. The summed E-state index contributed by atoms with van der Waals surface area (Å²) in [7, 11) is 0. The molecule has 6 nitrogen and oxygen atoms in total. The number of carbonyl (C=O) groups is 1. The number of para-hydroxylation sites is 1. The van der Waals surface area contributed by atoms with E-state index in [0.717, 1.165) is 19.4 Å². The Kier molecular flexibility index (Phi) is 5.88. The van der Waals surface area contributed by atoms with E-state index >= 15 is 0 Å². The number of carbonyl (C=O) groups excluding carboxylic acids is 1. The first kappa shape index (κ1) is 18.9. The molecule has 1 aliphatic carbocycles. The van der Waals surface area contributed by atoms with Gasteiger partial charge in [-0.25, -0.2) is 4.39 Å². The standard InChI is InChI=1S/C21H26FN3O3/c22-17-9-3-4-10-18(17)27-14-19-23-21(24-28-19)16-8-5-11-25(13-16)20(26)12-15-6-1-2-7-15/h3-4,9-10,15-16H,1-2,5-8,11-14H2. The van der Waals surface area contributed by atoms with E-state index in [9.17, 15) is 9.18 Å². The van der Waals surface area contributed by atoms with Gasteiger partial charge in [0.15, 0.2) is 24.0 Å². The summed E-state index contributed by atoms with van der Waals surface area (Å²) in [4.78, 5) is 19.0. The summed E-state index contributed by atoms with van der Waals surface area (Å²) in [6.07, 6.45) is 7.40. The number of piperidine rings is 1. The van der Waals surface area contributed by atoms with Gasteiger partial charge in [0.2, 0.25) is 5.91 Å². The lowest BCUT2D eigenvalue weighted by atomic mass is 9.96. The normalized spacial score (nSPS) is 20.5. The second kappa shape index (κ2) is 8.71. The van der Waals surface area contributed by atoms with Crippen molar-refractivity contribution in [3.63, 3.8) is 0 Å². The van der Waals surface area contributed by atoms with Gasteiger partial charge in [-0.15, -0.1) is 0 Å². The van der Waals surface area contributed by atoms with Gasteiger partial charge >= 0.3 is 0 Å². The average Bonchev–Trinajstić information content (AvgIpc) is 3.39. The highest BCUT2D eigenvalue weighted by molar-refractivity contribution is 5.76. The summed E-state index contributed by atoms with van der Waals surface area (Å²) in [5.74, 6) is 1.53. The molecule has 2 aliphatic rings. The Morgan fingerprint density at radius 2 is 2.04 bits per heavy atom. The van der Waals surface area contributed by atoms with Gasteiger partial charge in [-0.3, -0.25) is 4.79 Å². The summed E-state index contributed by atoms with van der Waals surface area (Å²) >= 11 is 0. The van der Waals surface area contributed by atoms with Crippen LogP contribution in [-0.2, 0) is 11.4 Å². The Morgan fingerprint density at radius 1 is 1.21 bits per heavy atom. The van der Waals surface area contributed by atoms with Crippen LogP contribution in [0.15, 0.2) is 28.8 Å². The highest BCUT2D eigenvalue weighted by Gasteiger charge is 2.29. The van der Waals surface area contributed by atoms with Crippen LogP contribution in [0.25, 0.3) is 0 Å². The predicted molar refractivity (Wildman–Crippen MR) is 100 cm³/mol. The number of rotatable bonds is 6. The Morgan fingerprint density at radius 3 is 2.86 bits per heavy atom. The van der Waals surface area contributed by atoms with Crippen LogP contribution in [0.3, 0.4) is 0 Å². The summed E-state index contributed by atoms with van der Waals surface area (Å²) in [6, 6.07) is 6.21. The van der Waals surface area contributed by atoms with Crippen molar-refractivity contribution in [2.75, 3.05) is 13.1 Å². The first-order chi connectivity index (χ1) is 13.7. The van der Waals surface area contributed by atoms with Crippen LogP contribution in [-0.4, -0.2) is 34.0 Å². The fourth-order valence-corrected chi connectivity index (χ4v) is 4.20. The Labute approximate surface area is 164 Å². The molecule has 2 aromatic rings. The molecular formula is C21H26FN3O3. The van der Waals surface area contributed by atoms with Crippen LogP contribution in [0.2, 0.25) is 0 Å². The summed E-state index contributed by atoms with van der Waals surface area (Å²) in [5, 5.41) is 4.07. The van der Waals surface area contributed by atoms with Crippen molar-refractivity contribution in [1.29, 1.82) is 0 Å². The minimum absolute atomic E-state index is 0.0188. The third kappa shape index (κ3) is 4.51. The van der Waals surface area contributed by atoms with Gasteiger partial charge in [0.1, 0.15) is 0 Å². The van der Waals surface area contributed by atoms with Gasteiger partial charge in [-0.05, 0) is 43.7 Å². The molecule has 1 aromatic carbocycles. The molecule has 150 valence electrons. The zero-order valence-corrected chi connectivity index (χ0v) is 16.0. The van der Waals surface area contributed by atoms with Crippen LogP contribution >= 0.6 is 0 Å². The number of amides is 1. The van der Waals surface area contributed by atoms with Crippen molar-refractivity contribution in [1.82, 2.24) is 15.0 Å². The maximum atomic E-state index is 13.6. The van der Waals surface area contributed by atoms with E-state index in [4.69, 9.17) is 9.26 Å². The fourth-order valence-electron chi connectivity index (χ4n) is 4.20. The molecule has 4 rings (SSSR count). The molecule has 1 aliphatic heterocycles. The lowest BCUT2D eigenvalue weighted by Gasteiger charge is -2.32. The van der Waals surface area contributed by atoms with Gasteiger partial charge < -0.3 is 14.2 Å². The Hall–Kier alpha value is -2.44. The molecule has 1 aromatic heterocycles. The number of halogens is 1. The maximum Gasteiger partial charge on any atom is 0.264 e. The minimum atomic E-state index is -0.425. The number of aromatic nitrogens is 2. The van der Waals surface area contributed by atoms with Crippen LogP contribution in [0, 0.1) is 11.7 Å². The van der Waals surface area contributed by atoms with Gasteiger partial charge in [-0.2, -0.15) is 4.98 Å². The third-order valence-electron chi connectivity index (χ3n) is 5.75. The number of benzene rings is 1. The highest BCUT2D eigenvalue weighted by Crippen LogP contribution is 2.30. The largest absolute Gasteiger partial charge is 0.481 e. The molecule has 1 amide bonds. The summed E-state index contributed by atoms with van der Waals surface area (Å²) < 4.78 is 24.3. The summed E-state index contributed by atoms with van der Waals surface area (Å²) in [5.41, 5.74) is 0. The molecule has 0 spiro atoms. The van der Waals surface area contributed by atoms with Crippen molar-refractivity contribution >= 4 is 5.91 Å². The van der Waals surface area contributed by atoms with Gasteiger partial charge in [0, 0.05) is 25.4 Å². The van der Waals surface area contributed by atoms with Gasteiger partial charge in [-0.1, -0.05) is 30.1 Å². The van der Waals surface area contributed by atoms with Crippen LogP contribution in [0.4, 0.5) is 4.39 Å². The molecule has 7 heteroatoms. The van der Waals surface area contributed by atoms with Crippen LogP contribution < -0.4 is 4.74 Å². The van der Waals surface area contributed by atoms with E-state index < -0.39 is 5.82 Å². The van der Waals surface area contributed by atoms with E-state index in [1.54, 1.807) is 18.2 Å². The molecule has 2 heterocycles. The quantitative estimate of drug-likeness (QED) is 0.747. The average molecular weight is 387 g/mol. The maximum absolute atomic E-state index is 13.6. The molecule has 1 unspecified atom stereocenters. The lowest BCUT2D eigenvalue weighted by molar-refractivity contribution is -0.133. The molecule has 0 radical (unpaired) electrons. The first-order valence-electron chi connectivity index (χ1n) is 10.2. The number of hydrogen-bond acceptors (Lipinski definition) is 5. The molecule has 2 fully saturated rings. The predicted octanol–water partition coefficient (Wildman–Crippen LogP) is 4.07. The van der Waals surface area contributed by atoms with Crippen molar-refractivity contribution < 1.29 is 18.4 Å². The van der Waals surface area contributed by atoms with Crippen molar-refractivity contribution in [3.05, 3.63) is 41.8 Å². The monoisotopic (exact) mass is 387 g/mol. The smallest absolute Gasteiger partial charge is 0.264 e. The summed E-state index contributed by atoms with van der Waals surface area (Å²) in [6.45, 7) is 1.47. The van der Waals surface area contributed by atoms with Crippen LogP contribution in [0.5, 0.6) is 5.75 Å². The highest BCUT2D eigenvalue weighted by atomic mass is 19.1. The molecule has 1 atom stereocenters. The van der Waals surface area contributed by atoms with E-state index in [-0.39, 0.29) is 24.2 Å². The topological polar surface area (TPSA) is 68.5 Å². The molecule has 1 saturated heterocycles. The van der Waals surface area contributed by atoms with Gasteiger partial charge in [0.05, 0.1) is 0 Å². The van der Waals surface area contributed by atoms with Gasteiger partial charge in [0.25, 0.3) is 5.89 Å². The Balaban J connectivity index is 1.32. The second-order valence-corrected chi connectivity index (χ2v) is 7.80. The lowest BCUT2D eigenvalue weighted by Crippen LogP contribution is -2.40. The van der Waals surface area contributed by atoms with Crippen molar-refractivity contribution in [2.45, 2.75) is 57.5 Å². The fraction of sp³-hybridized carbons (Fsp3) is 0.571. The van der Waals surface area contributed by atoms with E-state index in [2.05, 4.69) is 10.1 Å². The number of likely N-dealkylation sites (tertiary alicyclic amines) is 1. The molecular weight excluding hydrogens is 361 g/mol. The molecule has 1 saturated carbocycles. The van der Waals surface area contributed by atoms with E-state index in [1.807, 2.05) is 4.90 Å². The zero-order chi connectivity index (χ0) is 19.3. The molecule has 28 heavy (non-hydrogen) atoms. The molecule has 0 bridgehead atoms.